The van der Waals surface area contributed by atoms with E-state index in [0.717, 1.165) is 31.7 Å². The molecule has 0 aliphatic carbocycles. The number of anilines is 1. The molecule has 2 saturated heterocycles. The smallest absolute Gasteiger partial charge is 0.338 e. The Morgan fingerprint density at radius 1 is 1.08 bits per heavy atom. The van der Waals surface area contributed by atoms with E-state index in [0.29, 0.717) is 37.8 Å². The number of amides is 3. The lowest BCUT2D eigenvalue weighted by Crippen LogP contribution is -2.58. The van der Waals surface area contributed by atoms with Crippen LogP contribution in [-0.2, 0) is 11.3 Å². The summed E-state index contributed by atoms with van der Waals surface area (Å²) in [6.45, 7) is 8.83. The molecule has 11 nitrogen and oxygen atoms in total. The van der Waals surface area contributed by atoms with Gasteiger partial charge in [0.25, 0.3) is 0 Å². The number of hydrogen-bond acceptors (Lipinski definition) is 7. The predicted molar refractivity (Wildman–Crippen MR) is 141 cm³/mol. The maximum absolute atomic E-state index is 12.6. The quantitative estimate of drug-likeness (QED) is 0.415. The van der Waals surface area contributed by atoms with E-state index in [4.69, 9.17) is 5.73 Å². The second kappa shape index (κ2) is 11.8. The number of aromatic nitrogens is 2. The molecule has 2 aliphatic rings. The number of rotatable bonds is 7. The molecule has 4 rings (SSSR count). The Balaban J connectivity index is 0.00000361. The number of nitrogens with zero attached hydrogens (tertiary/aromatic N) is 4. The van der Waals surface area contributed by atoms with Crippen molar-refractivity contribution in [2.24, 2.45) is 11.7 Å². The zero-order chi connectivity index (χ0) is 25.0. The minimum atomic E-state index is -0.942. The first-order valence-electron chi connectivity index (χ1n) is 12.0. The number of nitrogens with two attached hydrogens (primary N) is 1. The molecule has 3 heterocycles. The van der Waals surface area contributed by atoms with Crippen molar-refractivity contribution in [2.45, 2.75) is 25.9 Å². The third kappa shape index (κ3) is 6.82. The summed E-state index contributed by atoms with van der Waals surface area (Å²) in [4.78, 5) is 44.8. The fraction of sp³-hybridized carbons (Fsp3) is 0.500. The number of piperazine rings is 1. The minimum absolute atomic E-state index is 0. The first kappa shape index (κ1) is 27.6. The van der Waals surface area contributed by atoms with Crippen molar-refractivity contribution in [3.05, 3.63) is 52.6 Å². The van der Waals surface area contributed by atoms with E-state index < -0.39 is 11.2 Å². The van der Waals surface area contributed by atoms with E-state index in [-0.39, 0.29) is 30.2 Å². The SMILES string of the molecule is CC(C)(N)C(=O)N1CCN(C(=O)Nc2ccn(-c3ccc(CNCC4CNC4)cc3)c(=O)n2)CC1.Cl. The van der Waals surface area contributed by atoms with Gasteiger partial charge in [-0.2, -0.15) is 4.98 Å². The van der Waals surface area contributed by atoms with Gasteiger partial charge in [0.2, 0.25) is 5.91 Å². The summed E-state index contributed by atoms with van der Waals surface area (Å²) >= 11 is 0. The van der Waals surface area contributed by atoms with Crippen molar-refractivity contribution in [1.82, 2.24) is 30.0 Å². The zero-order valence-corrected chi connectivity index (χ0v) is 21.5. The van der Waals surface area contributed by atoms with Crippen LogP contribution in [0.15, 0.2) is 41.3 Å². The molecular weight excluding hydrogens is 484 g/mol. The van der Waals surface area contributed by atoms with Gasteiger partial charge >= 0.3 is 11.7 Å². The molecule has 2 aromatic rings. The number of carbonyl (C=O) groups is 2. The largest absolute Gasteiger partial charge is 0.354 e. The molecule has 0 saturated carbocycles. The first-order chi connectivity index (χ1) is 16.7. The van der Waals surface area contributed by atoms with Crippen LogP contribution < -0.4 is 27.4 Å². The summed E-state index contributed by atoms with van der Waals surface area (Å²) in [7, 11) is 0. The monoisotopic (exact) mass is 518 g/mol. The van der Waals surface area contributed by atoms with E-state index in [2.05, 4.69) is 20.9 Å². The Morgan fingerprint density at radius 3 is 2.28 bits per heavy atom. The number of nitrogens with one attached hydrogen (secondary N) is 3. The van der Waals surface area contributed by atoms with Crippen molar-refractivity contribution in [2.75, 3.05) is 51.1 Å². The summed E-state index contributed by atoms with van der Waals surface area (Å²) in [6.07, 6.45) is 1.60. The van der Waals surface area contributed by atoms with Gasteiger partial charge < -0.3 is 26.2 Å². The van der Waals surface area contributed by atoms with Crippen LogP contribution in [0, 0.1) is 5.92 Å². The Morgan fingerprint density at radius 2 is 1.72 bits per heavy atom. The lowest BCUT2D eigenvalue weighted by atomic mass is 10.0. The number of hydrogen-bond donors (Lipinski definition) is 4. The standard InChI is InChI=1S/C24H34N8O3.ClH/c1-24(2,25)21(33)30-9-11-31(12-10-30)22(34)28-20-7-8-32(23(35)29-20)19-5-3-17(4-6-19)13-26-14-18-15-27-16-18;/h3-8,18,26-27H,9-16,25H2,1-2H3,(H,28,29,34,35);1H. The van der Waals surface area contributed by atoms with Crippen LogP contribution in [0.25, 0.3) is 5.69 Å². The van der Waals surface area contributed by atoms with Crippen LogP contribution in [0.3, 0.4) is 0 Å². The minimum Gasteiger partial charge on any atom is -0.338 e. The molecule has 36 heavy (non-hydrogen) atoms. The average molecular weight is 519 g/mol. The summed E-state index contributed by atoms with van der Waals surface area (Å²) < 4.78 is 1.44. The average Bonchev–Trinajstić information content (AvgIpc) is 2.80. The van der Waals surface area contributed by atoms with E-state index >= 15 is 0 Å². The molecule has 5 N–H and O–H groups in total. The third-order valence-electron chi connectivity index (χ3n) is 6.29. The number of halogens is 1. The van der Waals surface area contributed by atoms with Gasteiger partial charge in [-0.1, -0.05) is 12.1 Å². The third-order valence-corrected chi connectivity index (χ3v) is 6.29. The van der Waals surface area contributed by atoms with Crippen LogP contribution in [0.2, 0.25) is 0 Å². The van der Waals surface area contributed by atoms with Gasteiger partial charge in [-0.05, 0) is 43.5 Å². The fourth-order valence-electron chi connectivity index (χ4n) is 4.07. The van der Waals surface area contributed by atoms with Gasteiger partial charge in [0.1, 0.15) is 5.82 Å². The molecule has 196 valence electrons. The molecule has 0 unspecified atom stereocenters. The van der Waals surface area contributed by atoms with Gasteiger partial charge in [0, 0.05) is 58.6 Å². The lowest BCUT2D eigenvalue weighted by molar-refractivity contribution is -0.137. The molecule has 1 aromatic carbocycles. The number of urea groups is 1. The molecular formula is C24H35ClN8O3. The zero-order valence-electron chi connectivity index (χ0n) is 20.7. The van der Waals surface area contributed by atoms with Crippen molar-refractivity contribution in [1.29, 1.82) is 0 Å². The second-order valence-electron chi connectivity index (χ2n) is 9.72. The fourth-order valence-corrected chi connectivity index (χ4v) is 4.07. The summed E-state index contributed by atoms with van der Waals surface area (Å²) in [6, 6.07) is 8.97. The lowest BCUT2D eigenvalue weighted by Gasteiger charge is -2.37. The van der Waals surface area contributed by atoms with Crippen LogP contribution >= 0.6 is 12.4 Å². The molecule has 3 amide bonds. The molecule has 2 fully saturated rings. The Kier molecular flexibility index (Phi) is 9.07. The van der Waals surface area contributed by atoms with Crippen LogP contribution in [0.4, 0.5) is 10.6 Å². The topological polar surface area (TPSA) is 138 Å². The number of benzene rings is 1. The van der Waals surface area contributed by atoms with Crippen molar-refractivity contribution in [3.8, 4) is 5.69 Å². The molecule has 0 atom stereocenters. The van der Waals surface area contributed by atoms with E-state index in [9.17, 15) is 14.4 Å². The summed E-state index contributed by atoms with van der Waals surface area (Å²) in [5, 5.41) is 9.39. The highest BCUT2D eigenvalue weighted by molar-refractivity contribution is 5.89. The van der Waals surface area contributed by atoms with E-state index in [1.165, 1.54) is 4.57 Å². The van der Waals surface area contributed by atoms with Crippen LogP contribution in [-0.4, -0.2) is 82.6 Å². The van der Waals surface area contributed by atoms with Crippen molar-refractivity contribution in [3.63, 3.8) is 0 Å². The second-order valence-corrected chi connectivity index (χ2v) is 9.72. The van der Waals surface area contributed by atoms with Crippen LogP contribution in [0.1, 0.15) is 19.4 Å². The Labute approximate surface area is 216 Å². The molecule has 12 heteroatoms. The van der Waals surface area contributed by atoms with Gasteiger partial charge in [0.15, 0.2) is 0 Å². The first-order valence-corrected chi connectivity index (χ1v) is 12.0. The summed E-state index contributed by atoms with van der Waals surface area (Å²) in [5.74, 6) is 0.748. The number of carbonyl (C=O) groups excluding carboxylic acids is 2. The maximum atomic E-state index is 12.6. The molecule has 0 bridgehead atoms. The molecule has 0 radical (unpaired) electrons. The molecule has 2 aliphatic heterocycles. The van der Waals surface area contributed by atoms with Gasteiger partial charge in [-0.25, -0.2) is 9.59 Å². The Bertz CT molecular complexity index is 1100. The van der Waals surface area contributed by atoms with E-state index in [1.54, 1.807) is 35.9 Å². The van der Waals surface area contributed by atoms with Gasteiger partial charge in [0.05, 0.1) is 11.2 Å². The normalized spacial score (nSPS) is 16.2. The van der Waals surface area contributed by atoms with Crippen molar-refractivity contribution < 1.29 is 9.59 Å². The van der Waals surface area contributed by atoms with Crippen LogP contribution in [0.5, 0.6) is 0 Å². The maximum Gasteiger partial charge on any atom is 0.354 e. The summed E-state index contributed by atoms with van der Waals surface area (Å²) in [5.41, 5.74) is 6.31. The molecule has 1 aromatic heterocycles. The predicted octanol–water partition coefficient (Wildman–Crippen LogP) is 0.377. The molecule has 0 spiro atoms. The highest BCUT2D eigenvalue weighted by Crippen LogP contribution is 2.12. The van der Waals surface area contributed by atoms with Gasteiger partial charge in [-0.3, -0.25) is 14.7 Å². The van der Waals surface area contributed by atoms with Crippen molar-refractivity contribution >= 4 is 30.2 Å². The van der Waals surface area contributed by atoms with Gasteiger partial charge in [-0.15, -0.1) is 12.4 Å². The highest BCUT2D eigenvalue weighted by atomic mass is 35.5. The highest BCUT2D eigenvalue weighted by Gasteiger charge is 2.31. The van der Waals surface area contributed by atoms with E-state index in [1.807, 2.05) is 24.3 Å². The Hall–Kier alpha value is -2.99.